The average molecular weight is 413 g/mol. The maximum atomic E-state index is 12.4. The van der Waals surface area contributed by atoms with Gasteiger partial charge in [0.1, 0.15) is 5.75 Å². The highest BCUT2D eigenvalue weighted by atomic mass is 35.5. The maximum Gasteiger partial charge on any atom is 0.335 e. The normalized spacial score (nSPS) is 15.1. The number of halogens is 1. The fourth-order valence-electron chi connectivity index (χ4n) is 3.14. The van der Waals surface area contributed by atoms with Gasteiger partial charge >= 0.3 is 12.0 Å². The van der Waals surface area contributed by atoms with Gasteiger partial charge < -0.3 is 15.2 Å². The molecule has 9 heteroatoms. The van der Waals surface area contributed by atoms with Gasteiger partial charge in [0.25, 0.3) is 0 Å². The van der Waals surface area contributed by atoms with Crippen LogP contribution in [0.2, 0.25) is 5.02 Å². The molecule has 0 unspecified atom stereocenters. The number of carboxylic acids is 1. The van der Waals surface area contributed by atoms with E-state index in [2.05, 4.69) is 15.7 Å². The van der Waals surface area contributed by atoms with Gasteiger partial charge in [0.2, 0.25) is 0 Å². The molecule has 1 atom stereocenters. The Morgan fingerprint density at radius 1 is 1.17 bits per heavy atom. The van der Waals surface area contributed by atoms with Gasteiger partial charge in [-0.2, -0.15) is 0 Å². The minimum Gasteiger partial charge on any atom is -0.492 e. The predicted octanol–water partition coefficient (Wildman–Crippen LogP) is 3.87. The first-order valence-corrected chi connectivity index (χ1v) is 9.27. The van der Waals surface area contributed by atoms with Crippen molar-refractivity contribution in [2.24, 2.45) is 0 Å². The van der Waals surface area contributed by atoms with Crippen LogP contribution < -0.4 is 15.4 Å². The highest BCUT2D eigenvalue weighted by Gasteiger charge is 2.24. The molecule has 0 radical (unpaired) electrons. The third-order valence-corrected chi connectivity index (χ3v) is 4.84. The smallest absolute Gasteiger partial charge is 0.335 e. The number of carbonyl (C=O) groups is 2. The Balaban J connectivity index is 1.43. The molecule has 29 heavy (non-hydrogen) atoms. The third-order valence-electron chi connectivity index (χ3n) is 4.54. The van der Waals surface area contributed by atoms with Gasteiger partial charge in [0.15, 0.2) is 5.82 Å². The third kappa shape index (κ3) is 4.02. The van der Waals surface area contributed by atoms with Crippen molar-refractivity contribution in [3.8, 4) is 11.4 Å². The lowest BCUT2D eigenvalue weighted by Gasteiger charge is -2.27. The van der Waals surface area contributed by atoms with Gasteiger partial charge in [-0.15, -0.1) is 5.10 Å². The van der Waals surface area contributed by atoms with Crippen molar-refractivity contribution < 1.29 is 19.4 Å². The first-order chi connectivity index (χ1) is 14.0. The molecule has 0 saturated heterocycles. The molecule has 4 rings (SSSR count). The molecule has 148 valence electrons. The number of fused-ring (bicyclic) bond motifs is 1. The predicted molar refractivity (Wildman–Crippen MR) is 107 cm³/mol. The molecule has 0 aliphatic carbocycles. The van der Waals surface area contributed by atoms with Crippen LogP contribution in [0.5, 0.6) is 5.75 Å². The molecule has 3 N–H and O–H groups in total. The number of rotatable bonds is 4. The molecule has 1 aliphatic rings. The van der Waals surface area contributed by atoms with Crippen molar-refractivity contribution in [1.29, 1.82) is 0 Å². The van der Waals surface area contributed by atoms with Crippen molar-refractivity contribution in [3.63, 3.8) is 0 Å². The number of ether oxygens (including phenoxy) is 1. The van der Waals surface area contributed by atoms with Crippen LogP contribution in [0.25, 0.3) is 5.69 Å². The van der Waals surface area contributed by atoms with E-state index in [4.69, 9.17) is 21.4 Å². The Hall–Kier alpha value is -3.52. The lowest BCUT2D eigenvalue weighted by atomic mass is 10.0. The Morgan fingerprint density at radius 2 is 1.97 bits per heavy atom. The van der Waals surface area contributed by atoms with Crippen molar-refractivity contribution in [2.75, 3.05) is 11.9 Å². The zero-order chi connectivity index (χ0) is 20.4. The van der Waals surface area contributed by atoms with Crippen molar-refractivity contribution in [1.82, 2.24) is 15.1 Å². The Bertz CT molecular complexity index is 1060. The van der Waals surface area contributed by atoms with E-state index in [-0.39, 0.29) is 11.6 Å². The van der Waals surface area contributed by atoms with Gasteiger partial charge in [-0.05, 0) is 30.3 Å². The maximum absolute atomic E-state index is 12.4. The zero-order valence-electron chi connectivity index (χ0n) is 15.1. The van der Waals surface area contributed by atoms with E-state index in [1.165, 1.54) is 12.1 Å². The number of hydrogen-bond acceptors (Lipinski definition) is 4. The van der Waals surface area contributed by atoms with Gasteiger partial charge in [0.05, 0.1) is 28.9 Å². The fourth-order valence-corrected chi connectivity index (χ4v) is 3.37. The van der Waals surface area contributed by atoms with E-state index >= 15 is 0 Å². The zero-order valence-corrected chi connectivity index (χ0v) is 15.9. The molecule has 0 bridgehead atoms. The first-order valence-electron chi connectivity index (χ1n) is 8.89. The monoisotopic (exact) mass is 412 g/mol. The molecular weight excluding hydrogens is 396 g/mol. The molecule has 3 aromatic rings. The number of aromatic nitrogens is 2. The number of carboxylic acid groups (broad SMARTS) is 1. The topological polar surface area (TPSA) is 105 Å². The molecule has 1 aliphatic heterocycles. The quantitative estimate of drug-likeness (QED) is 0.603. The average Bonchev–Trinajstić information content (AvgIpc) is 3.17. The molecule has 8 nitrogen and oxygen atoms in total. The number of nitrogens with one attached hydrogen (secondary N) is 2. The summed E-state index contributed by atoms with van der Waals surface area (Å²) in [7, 11) is 0. The van der Waals surface area contributed by atoms with Crippen LogP contribution in [0, 0.1) is 0 Å². The van der Waals surface area contributed by atoms with E-state index in [9.17, 15) is 9.59 Å². The second-order valence-electron chi connectivity index (χ2n) is 6.44. The number of para-hydroxylation sites is 1. The Labute approximate surface area is 171 Å². The van der Waals surface area contributed by atoms with Crippen molar-refractivity contribution in [3.05, 3.63) is 70.9 Å². The molecule has 0 spiro atoms. The summed E-state index contributed by atoms with van der Waals surface area (Å²) < 4.78 is 7.15. The lowest BCUT2D eigenvalue weighted by Crippen LogP contribution is -2.35. The number of hydrogen-bond donors (Lipinski definition) is 3. The van der Waals surface area contributed by atoms with E-state index in [1.54, 1.807) is 35.1 Å². The van der Waals surface area contributed by atoms with Crippen molar-refractivity contribution >= 4 is 29.4 Å². The van der Waals surface area contributed by atoms with Crippen LogP contribution in [0.4, 0.5) is 10.6 Å². The summed E-state index contributed by atoms with van der Waals surface area (Å²) in [6, 6.07) is 12.8. The van der Waals surface area contributed by atoms with E-state index in [1.807, 2.05) is 12.1 Å². The van der Waals surface area contributed by atoms with E-state index in [0.717, 1.165) is 5.56 Å². The van der Waals surface area contributed by atoms with Gasteiger partial charge in [0, 0.05) is 24.2 Å². The number of benzene rings is 2. The van der Waals surface area contributed by atoms with E-state index in [0.29, 0.717) is 35.3 Å². The van der Waals surface area contributed by atoms with Crippen LogP contribution in [0.1, 0.15) is 28.4 Å². The number of anilines is 1. The minimum absolute atomic E-state index is 0.190. The second-order valence-corrected chi connectivity index (χ2v) is 6.85. The molecular formula is C20H17ClN4O4. The SMILES string of the molecule is O=C(Nc1ccn(-c2ccc(C(=O)O)cc2)n1)N[C@H]1CCOc2c(Cl)cccc21. The summed E-state index contributed by atoms with van der Waals surface area (Å²) in [6.07, 6.45) is 2.31. The van der Waals surface area contributed by atoms with E-state index < -0.39 is 12.0 Å². The summed E-state index contributed by atoms with van der Waals surface area (Å²) in [4.78, 5) is 23.4. The Kier molecular flexibility index (Phi) is 5.09. The molecule has 0 fully saturated rings. The van der Waals surface area contributed by atoms with Gasteiger partial charge in [-0.25, -0.2) is 14.3 Å². The standard InChI is InChI=1S/C20H17ClN4O4/c21-15-3-1-2-14-16(9-11-29-18(14)15)22-20(28)23-17-8-10-25(24-17)13-6-4-12(5-7-13)19(26)27/h1-8,10,16H,9,11H2,(H,26,27)(H2,22,23,24,28)/t16-/m0/s1. The number of urea groups is 1. The highest BCUT2D eigenvalue weighted by molar-refractivity contribution is 6.32. The number of nitrogens with zero attached hydrogens (tertiary/aromatic N) is 2. The largest absolute Gasteiger partial charge is 0.492 e. The molecule has 0 saturated carbocycles. The number of carbonyl (C=O) groups excluding carboxylic acids is 1. The van der Waals surface area contributed by atoms with Crippen LogP contribution in [0.3, 0.4) is 0 Å². The number of amides is 2. The van der Waals surface area contributed by atoms with Crippen LogP contribution in [-0.4, -0.2) is 33.5 Å². The summed E-state index contributed by atoms with van der Waals surface area (Å²) in [5.74, 6) is -0.0324. The molecule has 2 amide bonds. The molecule has 1 aromatic heterocycles. The summed E-state index contributed by atoms with van der Waals surface area (Å²) in [6.45, 7) is 0.461. The fraction of sp³-hybridized carbons (Fsp3) is 0.150. The summed E-state index contributed by atoms with van der Waals surface area (Å²) in [5, 5.41) is 19.4. The Morgan fingerprint density at radius 3 is 2.72 bits per heavy atom. The summed E-state index contributed by atoms with van der Waals surface area (Å²) >= 11 is 6.16. The van der Waals surface area contributed by atoms with Gasteiger partial charge in [-0.3, -0.25) is 5.32 Å². The first kappa shape index (κ1) is 18.8. The summed E-state index contributed by atoms with van der Waals surface area (Å²) in [5.41, 5.74) is 1.70. The second kappa shape index (κ2) is 7.84. The van der Waals surface area contributed by atoms with Crippen molar-refractivity contribution in [2.45, 2.75) is 12.5 Å². The number of aromatic carboxylic acids is 1. The highest BCUT2D eigenvalue weighted by Crippen LogP contribution is 2.37. The van der Waals surface area contributed by atoms with Crippen LogP contribution >= 0.6 is 11.6 Å². The van der Waals surface area contributed by atoms with Gasteiger partial charge in [-0.1, -0.05) is 23.7 Å². The van der Waals surface area contributed by atoms with Crippen LogP contribution in [-0.2, 0) is 0 Å². The molecule has 2 aromatic carbocycles. The minimum atomic E-state index is -0.994. The molecule has 2 heterocycles. The lowest BCUT2D eigenvalue weighted by molar-refractivity contribution is 0.0697. The van der Waals surface area contributed by atoms with Crippen LogP contribution in [0.15, 0.2) is 54.7 Å².